The topological polar surface area (TPSA) is 80.6 Å². The average molecular weight is 495 g/mol. The van der Waals surface area contributed by atoms with Crippen molar-refractivity contribution in [3.05, 3.63) is 65.7 Å². The van der Waals surface area contributed by atoms with Gasteiger partial charge in [-0.3, -0.25) is 4.90 Å². The highest BCUT2D eigenvalue weighted by molar-refractivity contribution is 5.94. The minimum absolute atomic E-state index is 0.111. The third-order valence-corrected chi connectivity index (χ3v) is 6.89. The molecule has 1 aliphatic heterocycles. The SMILES string of the molecule is CC(C)(C)OC(=O)N1CC/C(=N/O)C1CO[C@H]1CC[C@@H](c2ccccc2OCc2ccccc2)CC1. The monoisotopic (exact) mass is 494 g/mol. The molecule has 2 aromatic carbocycles. The lowest BCUT2D eigenvalue weighted by Gasteiger charge is -2.32. The lowest BCUT2D eigenvalue weighted by Crippen LogP contribution is -2.44. The molecule has 7 nitrogen and oxygen atoms in total. The summed E-state index contributed by atoms with van der Waals surface area (Å²) in [6.45, 7) is 6.87. The lowest BCUT2D eigenvalue weighted by molar-refractivity contribution is -0.00866. The van der Waals surface area contributed by atoms with E-state index in [1.165, 1.54) is 5.56 Å². The Morgan fingerprint density at radius 2 is 1.72 bits per heavy atom. The second kappa shape index (κ2) is 11.8. The number of likely N-dealkylation sites (tertiary alicyclic amines) is 1. The molecule has 1 amide bonds. The van der Waals surface area contributed by atoms with Gasteiger partial charge in [-0.05, 0) is 69.6 Å². The van der Waals surface area contributed by atoms with Crippen LogP contribution >= 0.6 is 0 Å². The Labute approximate surface area is 214 Å². The Kier molecular flexibility index (Phi) is 8.52. The smallest absolute Gasteiger partial charge is 0.410 e. The van der Waals surface area contributed by atoms with Gasteiger partial charge in [0.15, 0.2) is 0 Å². The average Bonchev–Trinajstić information content (AvgIpc) is 3.29. The summed E-state index contributed by atoms with van der Waals surface area (Å²) in [7, 11) is 0. The summed E-state index contributed by atoms with van der Waals surface area (Å²) in [5.41, 5.74) is 2.40. The summed E-state index contributed by atoms with van der Waals surface area (Å²) in [5.74, 6) is 1.38. The predicted molar refractivity (Wildman–Crippen MR) is 139 cm³/mol. The fraction of sp³-hybridized carbons (Fsp3) is 0.517. The number of ether oxygens (including phenoxy) is 3. The lowest BCUT2D eigenvalue weighted by atomic mass is 9.82. The zero-order valence-electron chi connectivity index (χ0n) is 21.6. The first-order valence-corrected chi connectivity index (χ1v) is 12.9. The molecule has 194 valence electrons. The summed E-state index contributed by atoms with van der Waals surface area (Å²) in [6, 6.07) is 18.2. The highest BCUT2D eigenvalue weighted by Gasteiger charge is 2.38. The second-order valence-electron chi connectivity index (χ2n) is 10.6. The van der Waals surface area contributed by atoms with Crippen LogP contribution in [0, 0.1) is 0 Å². The molecular weight excluding hydrogens is 456 g/mol. The van der Waals surface area contributed by atoms with Crippen LogP contribution in [-0.2, 0) is 16.1 Å². The largest absolute Gasteiger partial charge is 0.489 e. The number of para-hydroxylation sites is 1. The number of carbonyl (C=O) groups is 1. The van der Waals surface area contributed by atoms with Gasteiger partial charge in [-0.25, -0.2) is 4.79 Å². The number of nitrogens with zero attached hydrogens (tertiary/aromatic N) is 2. The van der Waals surface area contributed by atoms with E-state index in [1.54, 1.807) is 4.90 Å². The third kappa shape index (κ3) is 6.78. The fourth-order valence-corrected chi connectivity index (χ4v) is 5.03. The number of benzene rings is 2. The molecule has 0 radical (unpaired) electrons. The van der Waals surface area contributed by atoms with Gasteiger partial charge >= 0.3 is 6.09 Å². The van der Waals surface area contributed by atoms with E-state index in [-0.39, 0.29) is 6.10 Å². The van der Waals surface area contributed by atoms with Gasteiger partial charge in [0.25, 0.3) is 0 Å². The van der Waals surface area contributed by atoms with Crippen LogP contribution in [0.4, 0.5) is 4.79 Å². The van der Waals surface area contributed by atoms with Crippen molar-refractivity contribution in [1.82, 2.24) is 4.90 Å². The molecule has 36 heavy (non-hydrogen) atoms. The number of amides is 1. The molecule has 1 heterocycles. The van der Waals surface area contributed by atoms with Crippen LogP contribution in [0.15, 0.2) is 59.8 Å². The summed E-state index contributed by atoms with van der Waals surface area (Å²) >= 11 is 0. The van der Waals surface area contributed by atoms with E-state index < -0.39 is 17.7 Å². The van der Waals surface area contributed by atoms with Crippen LogP contribution in [-0.4, -0.2) is 52.8 Å². The van der Waals surface area contributed by atoms with Gasteiger partial charge in [0.05, 0.1) is 18.4 Å². The van der Waals surface area contributed by atoms with Crippen molar-refractivity contribution in [3.8, 4) is 5.75 Å². The van der Waals surface area contributed by atoms with Gasteiger partial charge in [-0.15, -0.1) is 0 Å². The summed E-state index contributed by atoms with van der Waals surface area (Å²) in [4.78, 5) is 14.3. The third-order valence-electron chi connectivity index (χ3n) is 6.89. The first-order chi connectivity index (χ1) is 17.3. The van der Waals surface area contributed by atoms with E-state index in [0.29, 0.717) is 37.8 Å². The van der Waals surface area contributed by atoms with Gasteiger partial charge in [-0.1, -0.05) is 53.7 Å². The number of hydrogen-bond acceptors (Lipinski definition) is 6. The maximum absolute atomic E-state index is 12.7. The van der Waals surface area contributed by atoms with Gasteiger partial charge in [-0.2, -0.15) is 0 Å². The molecule has 4 rings (SSSR count). The molecule has 0 spiro atoms. The summed E-state index contributed by atoms with van der Waals surface area (Å²) < 4.78 is 18.0. The van der Waals surface area contributed by atoms with Crippen LogP contribution in [0.5, 0.6) is 5.75 Å². The van der Waals surface area contributed by atoms with Crippen LogP contribution < -0.4 is 4.74 Å². The molecule has 7 heteroatoms. The van der Waals surface area contributed by atoms with E-state index in [2.05, 4.69) is 35.5 Å². The van der Waals surface area contributed by atoms with Crippen molar-refractivity contribution in [2.24, 2.45) is 5.16 Å². The molecular formula is C29H38N2O5. The predicted octanol–water partition coefficient (Wildman–Crippen LogP) is 6.15. The van der Waals surface area contributed by atoms with Crippen molar-refractivity contribution >= 4 is 11.8 Å². The normalized spacial score (nSPS) is 23.6. The number of rotatable bonds is 7. The quantitative estimate of drug-likeness (QED) is 0.369. The number of hydrogen-bond donors (Lipinski definition) is 1. The molecule has 2 fully saturated rings. The molecule has 0 aromatic heterocycles. The number of oxime groups is 1. The van der Waals surface area contributed by atoms with Crippen LogP contribution in [0.3, 0.4) is 0 Å². The van der Waals surface area contributed by atoms with Crippen LogP contribution in [0.2, 0.25) is 0 Å². The molecule has 1 atom stereocenters. The molecule has 1 unspecified atom stereocenters. The van der Waals surface area contributed by atoms with Gasteiger partial charge in [0, 0.05) is 13.0 Å². The first-order valence-electron chi connectivity index (χ1n) is 12.9. The Balaban J connectivity index is 1.30. The van der Waals surface area contributed by atoms with Crippen LogP contribution in [0.1, 0.15) is 69.9 Å². The van der Waals surface area contributed by atoms with E-state index >= 15 is 0 Å². The van der Waals surface area contributed by atoms with Crippen molar-refractivity contribution in [2.45, 2.75) is 83.1 Å². The molecule has 1 N–H and O–H groups in total. The van der Waals surface area contributed by atoms with Crippen LogP contribution in [0.25, 0.3) is 0 Å². The molecule has 2 aromatic rings. The molecule has 2 aliphatic rings. The fourth-order valence-electron chi connectivity index (χ4n) is 5.03. The van der Waals surface area contributed by atoms with E-state index in [4.69, 9.17) is 14.2 Å². The Morgan fingerprint density at radius 3 is 2.42 bits per heavy atom. The Morgan fingerprint density at radius 1 is 1.03 bits per heavy atom. The van der Waals surface area contributed by atoms with E-state index in [0.717, 1.165) is 37.0 Å². The van der Waals surface area contributed by atoms with Gasteiger partial charge < -0.3 is 19.4 Å². The van der Waals surface area contributed by atoms with Crippen molar-refractivity contribution in [3.63, 3.8) is 0 Å². The van der Waals surface area contributed by atoms with Crippen molar-refractivity contribution in [2.75, 3.05) is 13.2 Å². The summed E-state index contributed by atoms with van der Waals surface area (Å²) in [5, 5.41) is 12.9. The molecule has 0 bridgehead atoms. The maximum Gasteiger partial charge on any atom is 0.410 e. The number of carbonyl (C=O) groups excluding carboxylic acids is 1. The van der Waals surface area contributed by atoms with Crippen molar-refractivity contribution < 1.29 is 24.2 Å². The van der Waals surface area contributed by atoms with Gasteiger partial charge in [0.2, 0.25) is 0 Å². The maximum atomic E-state index is 12.7. The molecule has 1 saturated heterocycles. The molecule has 1 aliphatic carbocycles. The van der Waals surface area contributed by atoms with Crippen molar-refractivity contribution in [1.29, 1.82) is 0 Å². The van der Waals surface area contributed by atoms with E-state index in [1.807, 2.05) is 45.0 Å². The Hall–Kier alpha value is -3.06. The zero-order chi connectivity index (χ0) is 25.5. The Bertz CT molecular complexity index is 1030. The highest BCUT2D eigenvalue weighted by Crippen LogP contribution is 2.38. The second-order valence-corrected chi connectivity index (χ2v) is 10.6. The highest BCUT2D eigenvalue weighted by atomic mass is 16.6. The standard InChI is InChI=1S/C29H38N2O5/c1-29(2,3)36-28(32)31-18-17-25(30-33)26(31)20-34-23-15-13-22(14-16-23)24-11-7-8-12-27(24)35-19-21-9-5-4-6-10-21/h4-12,22-23,26,33H,13-20H2,1-3H3/b30-25-/t22-,23+,26?. The van der Waals surface area contributed by atoms with E-state index in [9.17, 15) is 10.0 Å². The minimum Gasteiger partial charge on any atom is -0.489 e. The first kappa shape index (κ1) is 26.0. The summed E-state index contributed by atoms with van der Waals surface area (Å²) in [6.07, 6.45) is 4.13. The molecule has 1 saturated carbocycles. The minimum atomic E-state index is -0.582. The zero-order valence-corrected chi connectivity index (χ0v) is 21.6. The van der Waals surface area contributed by atoms with Gasteiger partial charge in [0.1, 0.15) is 24.0 Å².